The number of ether oxygens (including phenoxy) is 1. The van der Waals surface area contributed by atoms with Gasteiger partial charge < -0.3 is 14.9 Å². The van der Waals surface area contributed by atoms with Crippen molar-refractivity contribution in [2.24, 2.45) is 0 Å². The fraction of sp³-hybridized carbons (Fsp3) is 0.462. The van der Waals surface area contributed by atoms with Gasteiger partial charge in [-0.1, -0.05) is 23.4 Å². The van der Waals surface area contributed by atoms with Gasteiger partial charge in [0.1, 0.15) is 11.9 Å². The van der Waals surface area contributed by atoms with Gasteiger partial charge in [0.2, 0.25) is 0 Å². The van der Waals surface area contributed by atoms with E-state index in [4.69, 9.17) is 16.3 Å². The van der Waals surface area contributed by atoms with Gasteiger partial charge >= 0.3 is 0 Å². The molecule has 0 aliphatic carbocycles. The average Bonchev–Trinajstić information content (AvgIpc) is 2.38. The lowest BCUT2D eigenvalue weighted by atomic mass is 10.0. The largest absolute Gasteiger partial charge is 0.497 e. The van der Waals surface area contributed by atoms with Crippen molar-refractivity contribution < 1.29 is 19.7 Å². The number of benzene rings is 1. The molecule has 19 heavy (non-hydrogen) atoms. The molecule has 0 aromatic heterocycles. The van der Waals surface area contributed by atoms with Crippen LogP contribution in [-0.4, -0.2) is 34.3 Å². The molecule has 0 heterocycles. The highest BCUT2D eigenvalue weighted by atomic mass is 35.5. The Morgan fingerprint density at radius 1 is 1.47 bits per heavy atom. The molecule has 106 valence electrons. The molecular weight excluding hydrogens is 288 g/mol. The Labute approximate surface area is 121 Å². The summed E-state index contributed by atoms with van der Waals surface area (Å²) in [5, 5.41) is 20.3. The molecule has 2 atom stereocenters. The van der Waals surface area contributed by atoms with Crippen LogP contribution in [0.15, 0.2) is 18.2 Å². The third-order valence-corrected chi connectivity index (χ3v) is 3.80. The van der Waals surface area contributed by atoms with E-state index in [1.54, 1.807) is 18.2 Å². The fourth-order valence-electron chi connectivity index (χ4n) is 1.56. The molecule has 1 rings (SSSR count). The summed E-state index contributed by atoms with van der Waals surface area (Å²) in [5.41, 5.74) is 0.418. The molecule has 4 nitrogen and oxygen atoms in total. The van der Waals surface area contributed by atoms with E-state index in [1.807, 2.05) is 0 Å². The van der Waals surface area contributed by atoms with Crippen LogP contribution >= 0.6 is 23.4 Å². The first-order valence-corrected chi connectivity index (χ1v) is 7.15. The van der Waals surface area contributed by atoms with E-state index in [2.05, 4.69) is 0 Å². The smallest absolute Gasteiger partial charge is 0.185 e. The summed E-state index contributed by atoms with van der Waals surface area (Å²) < 4.78 is 5.05. The molecule has 2 unspecified atom stereocenters. The van der Waals surface area contributed by atoms with Crippen LogP contribution < -0.4 is 4.74 Å². The van der Waals surface area contributed by atoms with Crippen LogP contribution in [0.25, 0.3) is 0 Å². The lowest BCUT2D eigenvalue weighted by molar-refractivity contribution is -0.109. The van der Waals surface area contributed by atoms with E-state index >= 15 is 0 Å². The molecule has 0 saturated heterocycles. The summed E-state index contributed by atoms with van der Waals surface area (Å²) in [4.78, 5) is 10.8. The summed E-state index contributed by atoms with van der Waals surface area (Å²) in [5.74, 6) is 1.01. The molecule has 0 fully saturated rings. The second-order valence-electron chi connectivity index (χ2n) is 4.03. The first-order valence-electron chi connectivity index (χ1n) is 5.78. The SMILES string of the molecule is COc1ccc(Cl)c(C(O)C(O)CCSC(C)=O)c1. The molecule has 0 aliphatic rings. The Hall–Kier alpha value is -0.750. The van der Waals surface area contributed by atoms with Gasteiger partial charge in [0.05, 0.1) is 13.2 Å². The third kappa shape index (κ3) is 5.03. The van der Waals surface area contributed by atoms with E-state index in [1.165, 1.54) is 14.0 Å². The fourth-order valence-corrected chi connectivity index (χ4v) is 2.44. The number of rotatable bonds is 6. The maximum absolute atomic E-state index is 10.8. The Kier molecular flexibility index (Phi) is 6.65. The van der Waals surface area contributed by atoms with Crippen molar-refractivity contribution in [1.29, 1.82) is 0 Å². The zero-order valence-corrected chi connectivity index (χ0v) is 12.4. The standard InChI is InChI=1S/C13H17ClO4S/c1-8(15)19-6-5-12(16)13(17)10-7-9(18-2)3-4-11(10)14/h3-4,7,12-13,16-17H,5-6H2,1-2H3. The minimum Gasteiger partial charge on any atom is -0.497 e. The van der Waals surface area contributed by atoms with Gasteiger partial charge in [-0.05, 0) is 24.6 Å². The van der Waals surface area contributed by atoms with Gasteiger partial charge in [-0.15, -0.1) is 0 Å². The molecule has 0 bridgehead atoms. The van der Waals surface area contributed by atoms with Gasteiger partial charge in [-0.2, -0.15) is 0 Å². The van der Waals surface area contributed by atoms with Crippen molar-refractivity contribution in [3.05, 3.63) is 28.8 Å². The van der Waals surface area contributed by atoms with Gasteiger partial charge in [0, 0.05) is 23.3 Å². The summed E-state index contributed by atoms with van der Waals surface area (Å²) in [6, 6.07) is 4.88. The van der Waals surface area contributed by atoms with Gasteiger partial charge in [0.15, 0.2) is 5.12 Å². The minimum absolute atomic E-state index is 0.0129. The molecule has 6 heteroatoms. The van der Waals surface area contributed by atoms with Crippen molar-refractivity contribution in [1.82, 2.24) is 0 Å². The van der Waals surface area contributed by atoms with Crippen LogP contribution in [0.2, 0.25) is 5.02 Å². The number of hydrogen-bond donors (Lipinski definition) is 2. The summed E-state index contributed by atoms with van der Waals surface area (Å²) in [6.07, 6.45) is -1.77. The second-order valence-corrected chi connectivity index (χ2v) is 5.71. The molecular formula is C13H17ClO4S. The highest BCUT2D eigenvalue weighted by Crippen LogP contribution is 2.30. The Bertz CT molecular complexity index is 439. The zero-order chi connectivity index (χ0) is 14.4. The number of carbonyl (C=O) groups excluding carboxylic acids is 1. The lowest BCUT2D eigenvalue weighted by Crippen LogP contribution is -2.19. The normalized spacial score (nSPS) is 13.9. The number of halogens is 1. The second kappa shape index (κ2) is 7.75. The maximum Gasteiger partial charge on any atom is 0.185 e. The lowest BCUT2D eigenvalue weighted by Gasteiger charge is -2.19. The topological polar surface area (TPSA) is 66.8 Å². The van der Waals surface area contributed by atoms with Gasteiger partial charge in [-0.25, -0.2) is 0 Å². The van der Waals surface area contributed by atoms with E-state index in [0.29, 0.717) is 28.5 Å². The number of hydrogen-bond acceptors (Lipinski definition) is 5. The van der Waals surface area contributed by atoms with E-state index in [0.717, 1.165) is 11.8 Å². The average molecular weight is 305 g/mol. The first-order chi connectivity index (χ1) is 8.95. The molecule has 0 radical (unpaired) electrons. The number of carbonyl (C=O) groups is 1. The summed E-state index contributed by atoms with van der Waals surface area (Å²) in [7, 11) is 1.51. The number of methoxy groups -OCH3 is 1. The Morgan fingerprint density at radius 3 is 2.74 bits per heavy atom. The van der Waals surface area contributed by atoms with Gasteiger partial charge in [-0.3, -0.25) is 4.79 Å². The first kappa shape index (κ1) is 16.3. The van der Waals surface area contributed by atoms with Crippen molar-refractivity contribution in [2.75, 3.05) is 12.9 Å². The summed E-state index contributed by atoms with van der Waals surface area (Å²) in [6.45, 7) is 1.46. The molecule has 2 N–H and O–H groups in total. The predicted octanol–water partition coefficient (Wildman–Crippen LogP) is 2.41. The molecule has 0 spiro atoms. The minimum atomic E-state index is -1.10. The monoisotopic (exact) mass is 304 g/mol. The predicted molar refractivity (Wildman–Crippen MR) is 76.7 cm³/mol. The number of aliphatic hydroxyl groups excluding tert-OH is 2. The number of aliphatic hydroxyl groups is 2. The van der Waals surface area contributed by atoms with Crippen LogP contribution in [0.3, 0.4) is 0 Å². The number of thioether (sulfide) groups is 1. The van der Waals surface area contributed by atoms with Crippen LogP contribution in [0.4, 0.5) is 0 Å². The van der Waals surface area contributed by atoms with Crippen molar-refractivity contribution in [3.8, 4) is 5.75 Å². The van der Waals surface area contributed by atoms with Crippen LogP contribution in [0, 0.1) is 0 Å². The zero-order valence-electron chi connectivity index (χ0n) is 10.8. The highest BCUT2D eigenvalue weighted by molar-refractivity contribution is 8.13. The summed E-state index contributed by atoms with van der Waals surface area (Å²) >= 11 is 7.11. The van der Waals surface area contributed by atoms with Gasteiger partial charge in [0.25, 0.3) is 0 Å². The third-order valence-electron chi connectivity index (χ3n) is 2.61. The Balaban J connectivity index is 2.70. The van der Waals surface area contributed by atoms with E-state index in [-0.39, 0.29) is 5.12 Å². The Morgan fingerprint density at radius 2 is 2.16 bits per heavy atom. The maximum atomic E-state index is 10.8. The van der Waals surface area contributed by atoms with Crippen molar-refractivity contribution >= 4 is 28.5 Å². The molecule has 1 aromatic carbocycles. The van der Waals surface area contributed by atoms with Crippen LogP contribution in [0.5, 0.6) is 5.75 Å². The molecule has 0 saturated carbocycles. The van der Waals surface area contributed by atoms with Crippen LogP contribution in [-0.2, 0) is 4.79 Å². The quantitative estimate of drug-likeness (QED) is 0.845. The van der Waals surface area contributed by atoms with Crippen molar-refractivity contribution in [2.45, 2.75) is 25.6 Å². The van der Waals surface area contributed by atoms with E-state index in [9.17, 15) is 15.0 Å². The molecule has 0 aliphatic heterocycles. The molecule has 0 amide bonds. The van der Waals surface area contributed by atoms with Crippen molar-refractivity contribution in [3.63, 3.8) is 0 Å². The van der Waals surface area contributed by atoms with Crippen LogP contribution in [0.1, 0.15) is 25.0 Å². The van der Waals surface area contributed by atoms with E-state index < -0.39 is 12.2 Å². The molecule has 1 aromatic rings. The highest BCUT2D eigenvalue weighted by Gasteiger charge is 2.21.